The minimum atomic E-state index is -0.181. The van der Waals surface area contributed by atoms with Crippen LogP contribution >= 0.6 is 22.9 Å². The Hall–Kier alpha value is -1.59. The van der Waals surface area contributed by atoms with Gasteiger partial charge in [-0.3, -0.25) is 10.1 Å². The van der Waals surface area contributed by atoms with Crippen molar-refractivity contribution in [3.05, 3.63) is 41.4 Å². The zero-order chi connectivity index (χ0) is 18.5. The van der Waals surface area contributed by atoms with Crippen LogP contribution in [0.5, 0.6) is 5.75 Å². The molecular formula is C21H23ClN2O2S. The third kappa shape index (κ3) is 3.36. The molecule has 1 heterocycles. The van der Waals surface area contributed by atoms with E-state index in [9.17, 15) is 4.79 Å². The third-order valence-electron chi connectivity index (χ3n) is 6.40. The van der Waals surface area contributed by atoms with E-state index in [0.29, 0.717) is 10.9 Å². The minimum Gasteiger partial charge on any atom is -0.484 e. The molecular weight excluding hydrogens is 380 g/mol. The Labute approximate surface area is 168 Å². The third-order valence-corrected chi connectivity index (χ3v) is 7.60. The fourth-order valence-corrected chi connectivity index (χ4v) is 7.39. The molecule has 0 spiro atoms. The van der Waals surface area contributed by atoms with Crippen molar-refractivity contribution in [1.29, 1.82) is 0 Å². The zero-order valence-electron chi connectivity index (χ0n) is 15.1. The minimum absolute atomic E-state index is 0.0149. The van der Waals surface area contributed by atoms with Gasteiger partial charge in [-0.25, -0.2) is 4.98 Å². The van der Waals surface area contributed by atoms with Gasteiger partial charge in [-0.15, -0.1) is 22.9 Å². The molecule has 4 nitrogen and oxygen atoms in total. The van der Waals surface area contributed by atoms with Crippen molar-refractivity contribution in [2.75, 3.05) is 11.9 Å². The van der Waals surface area contributed by atoms with Crippen LogP contribution in [0.15, 0.2) is 35.7 Å². The monoisotopic (exact) mass is 402 g/mol. The molecule has 2 atom stereocenters. The van der Waals surface area contributed by atoms with Gasteiger partial charge >= 0.3 is 0 Å². The van der Waals surface area contributed by atoms with Crippen LogP contribution in [-0.2, 0) is 10.2 Å². The van der Waals surface area contributed by atoms with Crippen molar-refractivity contribution in [3.63, 3.8) is 0 Å². The normalized spacial score (nSPS) is 33.8. The van der Waals surface area contributed by atoms with Crippen LogP contribution < -0.4 is 10.1 Å². The van der Waals surface area contributed by atoms with E-state index in [1.54, 1.807) is 0 Å². The lowest BCUT2D eigenvalue weighted by molar-refractivity contribution is -0.118. The van der Waals surface area contributed by atoms with E-state index in [0.717, 1.165) is 36.8 Å². The number of aromatic nitrogens is 1. The van der Waals surface area contributed by atoms with E-state index in [-0.39, 0.29) is 22.8 Å². The van der Waals surface area contributed by atoms with Crippen molar-refractivity contribution >= 4 is 34.0 Å². The molecule has 0 aliphatic heterocycles. The maximum absolute atomic E-state index is 12.2. The summed E-state index contributed by atoms with van der Waals surface area (Å²) in [7, 11) is 0. The number of thiazole rings is 1. The summed E-state index contributed by atoms with van der Waals surface area (Å²) in [6, 6.07) is 9.36. The summed E-state index contributed by atoms with van der Waals surface area (Å²) >= 11 is 8.46. The number of nitrogens with one attached hydrogen (secondary N) is 1. The summed E-state index contributed by atoms with van der Waals surface area (Å²) in [6.45, 7) is -0.0149. The van der Waals surface area contributed by atoms with Crippen molar-refractivity contribution in [2.24, 2.45) is 11.8 Å². The molecule has 1 aromatic carbocycles. The number of halogens is 1. The quantitative estimate of drug-likeness (QED) is 0.717. The van der Waals surface area contributed by atoms with Gasteiger partial charge in [0.25, 0.3) is 5.91 Å². The molecule has 1 N–H and O–H groups in total. The highest BCUT2D eigenvalue weighted by Crippen LogP contribution is 2.64. The van der Waals surface area contributed by atoms with Gasteiger partial charge in [0.15, 0.2) is 11.7 Å². The standard InChI is InChI=1S/C21H23ClN2O2S/c22-21-9-14-6-15(10-21)8-20(7-14,13-21)17-12-27-19(23-17)24-18(25)11-26-16-4-2-1-3-5-16/h1-5,12,14-15H,6-11,13H2,(H,23,24,25). The first-order chi connectivity index (χ1) is 13.0. The average Bonchev–Trinajstić information content (AvgIpc) is 3.08. The fraction of sp³-hybridized carbons (Fsp3) is 0.524. The van der Waals surface area contributed by atoms with Crippen molar-refractivity contribution in [1.82, 2.24) is 4.98 Å². The largest absolute Gasteiger partial charge is 0.484 e. The number of para-hydroxylation sites is 1. The van der Waals surface area contributed by atoms with Gasteiger partial charge in [-0.2, -0.15) is 0 Å². The maximum Gasteiger partial charge on any atom is 0.264 e. The molecule has 4 aliphatic rings. The Morgan fingerprint density at radius 1 is 1.22 bits per heavy atom. The van der Waals surface area contributed by atoms with E-state index in [4.69, 9.17) is 21.3 Å². The van der Waals surface area contributed by atoms with Crippen LogP contribution in [0, 0.1) is 11.8 Å². The Bertz CT molecular complexity index is 839. The summed E-state index contributed by atoms with van der Waals surface area (Å²) in [5.74, 6) is 1.98. The Balaban J connectivity index is 1.26. The maximum atomic E-state index is 12.2. The molecule has 6 heteroatoms. The van der Waals surface area contributed by atoms with E-state index in [1.165, 1.54) is 30.6 Å². The second kappa shape index (κ2) is 6.49. The van der Waals surface area contributed by atoms with Crippen LogP contribution in [0.3, 0.4) is 0 Å². The molecule has 4 saturated carbocycles. The molecule has 4 bridgehead atoms. The van der Waals surface area contributed by atoms with Gasteiger partial charge in [0, 0.05) is 15.7 Å². The van der Waals surface area contributed by atoms with Gasteiger partial charge in [0.2, 0.25) is 0 Å². The Morgan fingerprint density at radius 2 is 1.96 bits per heavy atom. The molecule has 2 unspecified atom stereocenters. The van der Waals surface area contributed by atoms with Crippen LogP contribution in [0.4, 0.5) is 5.13 Å². The summed E-state index contributed by atoms with van der Waals surface area (Å²) in [4.78, 5) is 17.0. The van der Waals surface area contributed by atoms with Gasteiger partial charge < -0.3 is 4.74 Å². The van der Waals surface area contributed by atoms with Crippen LogP contribution in [0.25, 0.3) is 0 Å². The van der Waals surface area contributed by atoms with Gasteiger partial charge in [-0.1, -0.05) is 18.2 Å². The summed E-state index contributed by atoms with van der Waals surface area (Å²) in [6.07, 6.45) is 7.09. The highest BCUT2D eigenvalue weighted by Gasteiger charge is 2.58. The molecule has 0 radical (unpaired) electrons. The Kier molecular flexibility index (Phi) is 4.21. The smallest absolute Gasteiger partial charge is 0.264 e. The number of anilines is 1. The molecule has 1 aromatic heterocycles. The first-order valence-electron chi connectivity index (χ1n) is 9.65. The van der Waals surface area contributed by atoms with E-state index < -0.39 is 0 Å². The SMILES string of the molecule is O=C(COc1ccccc1)Nc1nc(C23CC4CC(CC(Cl)(C4)C2)C3)cs1. The lowest BCUT2D eigenvalue weighted by Crippen LogP contribution is -2.55. The molecule has 6 rings (SSSR count). The van der Waals surface area contributed by atoms with Gasteiger partial charge in [0.05, 0.1) is 5.69 Å². The number of carbonyl (C=O) groups excluding carboxylic acids is 1. The van der Waals surface area contributed by atoms with Crippen LogP contribution in [-0.4, -0.2) is 22.4 Å². The summed E-state index contributed by atoms with van der Waals surface area (Å²) in [5.41, 5.74) is 1.25. The van der Waals surface area contributed by atoms with Crippen molar-refractivity contribution in [2.45, 2.75) is 48.8 Å². The number of hydrogen-bond donors (Lipinski definition) is 1. The summed E-state index contributed by atoms with van der Waals surface area (Å²) < 4.78 is 5.51. The molecule has 4 fully saturated rings. The topological polar surface area (TPSA) is 51.2 Å². The second-order valence-corrected chi connectivity index (χ2v) is 10.2. The predicted molar refractivity (Wildman–Crippen MR) is 108 cm³/mol. The average molecular weight is 403 g/mol. The molecule has 27 heavy (non-hydrogen) atoms. The van der Waals surface area contributed by atoms with Crippen LogP contribution in [0.1, 0.15) is 44.2 Å². The molecule has 0 saturated heterocycles. The number of carbonyl (C=O) groups is 1. The predicted octanol–water partition coefficient (Wildman–Crippen LogP) is 4.99. The number of amides is 1. The molecule has 142 valence electrons. The number of rotatable bonds is 5. The number of hydrogen-bond acceptors (Lipinski definition) is 4. The van der Waals surface area contributed by atoms with E-state index in [2.05, 4.69) is 10.7 Å². The first-order valence-corrected chi connectivity index (χ1v) is 10.9. The number of nitrogens with zero attached hydrogens (tertiary/aromatic N) is 1. The molecule has 2 aromatic rings. The van der Waals surface area contributed by atoms with Crippen LogP contribution in [0.2, 0.25) is 0 Å². The molecule has 1 amide bonds. The van der Waals surface area contributed by atoms with Crippen molar-refractivity contribution < 1.29 is 9.53 Å². The number of ether oxygens (including phenoxy) is 1. The zero-order valence-corrected chi connectivity index (χ0v) is 16.7. The second-order valence-electron chi connectivity index (χ2n) is 8.58. The number of benzene rings is 1. The van der Waals surface area contributed by atoms with E-state index >= 15 is 0 Å². The molecule has 4 aliphatic carbocycles. The lowest BCUT2D eigenvalue weighted by atomic mass is 9.48. The lowest BCUT2D eigenvalue weighted by Gasteiger charge is -2.59. The van der Waals surface area contributed by atoms with E-state index in [1.807, 2.05) is 30.3 Å². The highest BCUT2D eigenvalue weighted by atomic mass is 35.5. The first kappa shape index (κ1) is 17.5. The Morgan fingerprint density at radius 3 is 2.67 bits per heavy atom. The van der Waals surface area contributed by atoms with Gasteiger partial charge in [-0.05, 0) is 62.5 Å². The van der Waals surface area contributed by atoms with Crippen molar-refractivity contribution in [3.8, 4) is 5.75 Å². The number of alkyl halides is 1. The van der Waals surface area contributed by atoms with Gasteiger partial charge in [0.1, 0.15) is 5.75 Å². The fourth-order valence-electron chi connectivity index (χ4n) is 5.85. The highest BCUT2D eigenvalue weighted by molar-refractivity contribution is 7.14. The summed E-state index contributed by atoms with van der Waals surface area (Å²) in [5, 5.41) is 5.67.